The van der Waals surface area contributed by atoms with Crippen molar-refractivity contribution in [3.8, 4) is 0 Å². The van der Waals surface area contributed by atoms with Gasteiger partial charge in [-0.15, -0.1) is 0 Å². The molecule has 3 rings (SSSR count). The molecule has 1 aliphatic rings. The van der Waals surface area contributed by atoms with Crippen molar-refractivity contribution >= 4 is 21.8 Å². The second-order valence-electron chi connectivity index (χ2n) is 6.24. The Bertz CT molecular complexity index is 651. The molecular weight excluding hydrogens is 364 g/mol. The number of piperidine rings is 1. The second kappa shape index (κ2) is 8.45. The van der Waals surface area contributed by atoms with E-state index < -0.39 is 0 Å². The van der Waals surface area contributed by atoms with Gasteiger partial charge in [0.15, 0.2) is 0 Å². The zero-order chi connectivity index (χ0) is 16.8. The maximum absolute atomic E-state index is 12.4. The highest BCUT2D eigenvalue weighted by atomic mass is 79.9. The van der Waals surface area contributed by atoms with Gasteiger partial charge in [0.05, 0.1) is 6.04 Å². The van der Waals surface area contributed by atoms with Gasteiger partial charge < -0.3 is 5.32 Å². The first-order chi connectivity index (χ1) is 11.7. The van der Waals surface area contributed by atoms with Gasteiger partial charge in [0.2, 0.25) is 0 Å². The van der Waals surface area contributed by atoms with Gasteiger partial charge in [-0.05, 0) is 55.8 Å². The lowest BCUT2D eigenvalue weighted by atomic mass is 10.0. The number of nitrogens with zero attached hydrogens (tertiary/aromatic N) is 1. The molecule has 1 amide bonds. The van der Waals surface area contributed by atoms with Crippen LogP contribution < -0.4 is 5.32 Å². The van der Waals surface area contributed by atoms with E-state index in [2.05, 4.69) is 50.4 Å². The van der Waals surface area contributed by atoms with Crippen molar-refractivity contribution in [2.45, 2.75) is 25.3 Å². The molecule has 0 aromatic heterocycles. The lowest BCUT2D eigenvalue weighted by Crippen LogP contribution is -2.40. The summed E-state index contributed by atoms with van der Waals surface area (Å²) in [5, 5.41) is 3.12. The molecule has 1 saturated heterocycles. The van der Waals surface area contributed by atoms with Crippen LogP contribution >= 0.6 is 15.9 Å². The Labute approximate surface area is 152 Å². The first-order valence-corrected chi connectivity index (χ1v) is 9.36. The number of benzene rings is 2. The van der Waals surface area contributed by atoms with Gasteiger partial charge in [-0.2, -0.15) is 0 Å². The van der Waals surface area contributed by atoms with Gasteiger partial charge in [0, 0.05) is 16.6 Å². The van der Waals surface area contributed by atoms with Crippen LogP contribution in [0.1, 0.15) is 41.2 Å². The lowest BCUT2D eigenvalue weighted by Gasteiger charge is -2.35. The summed E-state index contributed by atoms with van der Waals surface area (Å²) in [5.41, 5.74) is 1.97. The number of likely N-dealkylation sites (tertiary alicyclic amines) is 1. The minimum Gasteiger partial charge on any atom is -0.350 e. The van der Waals surface area contributed by atoms with Crippen LogP contribution in [0.15, 0.2) is 59.1 Å². The molecule has 0 spiro atoms. The van der Waals surface area contributed by atoms with E-state index >= 15 is 0 Å². The predicted molar refractivity (Wildman–Crippen MR) is 101 cm³/mol. The minimum atomic E-state index is -0.0135. The summed E-state index contributed by atoms with van der Waals surface area (Å²) in [7, 11) is 0. The van der Waals surface area contributed by atoms with Crippen molar-refractivity contribution in [1.82, 2.24) is 10.2 Å². The molecule has 0 bridgehead atoms. The van der Waals surface area contributed by atoms with Crippen LogP contribution in [-0.4, -0.2) is 30.4 Å². The number of halogens is 1. The van der Waals surface area contributed by atoms with Crippen molar-refractivity contribution in [2.24, 2.45) is 0 Å². The van der Waals surface area contributed by atoms with Crippen molar-refractivity contribution in [3.63, 3.8) is 0 Å². The van der Waals surface area contributed by atoms with Gasteiger partial charge in [0.25, 0.3) is 5.91 Å². The van der Waals surface area contributed by atoms with Gasteiger partial charge in [0.1, 0.15) is 0 Å². The molecule has 1 N–H and O–H groups in total. The fourth-order valence-electron chi connectivity index (χ4n) is 3.26. The Morgan fingerprint density at radius 1 is 1.00 bits per heavy atom. The van der Waals surface area contributed by atoms with Crippen molar-refractivity contribution in [3.05, 3.63) is 70.2 Å². The monoisotopic (exact) mass is 386 g/mol. The molecule has 0 aliphatic carbocycles. The fraction of sp³-hybridized carbons (Fsp3) is 0.350. The molecule has 24 heavy (non-hydrogen) atoms. The van der Waals surface area contributed by atoms with Gasteiger partial charge in [-0.3, -0.25) is 9.69 Å². The normalized spacial score (nSPS) is 16.5. The first-order valence-electron chi connectivity index (χ1n) is 8.57. The zero-order valence-corrected chi connectivity index (χ0v) is 15.3. The summed E-state index contributed by atoms with van der Waals surface area (Å²) in [6, 6.07) is 18.2. The summed E-state index contributed by atoms with van der Waals surface area (Å²) in [5.74, 6) is -0.0135. The Balaban J connectivity index is 1.69. The van der Waals surface area contributed by atoms with Crippen molar-refractivity contribution in [1.29, 1.82) is 0 Å². The molecule has 0 radical (unpaired) electrons. The lowest BCUT2D eigenvalue weighted by molar-refractivity contribution is 0.0924. The molecule has 1 fully saturated rings. The van der Waals surface area contributed by atoms with E-state index in [1.165, 1.54) is 24.8 Å². The van der Waals surface area contributed by atoms with Crippen LogP contribution in [0.2, 0.25) is 0 Å². The number of carbonyl (C=O) groups excluding carboxylic acids is 1. The molecular formula is C20H23BrN2O. The Morgan fingerprint density at radius 2 is 1.67 bits per heavy atom. The maximum Gasteiger partial charge on any atom is 0.251 e. The van der Waals surface area contributed by atoms with Crippen molar-refractivity contribution in [2.75, 3.05) is 19.6 Å². The Hall–Kier alpha value is -1.65. The highest BCUT2D eigenvalue weighted by Gasteiger charge is 2.22. The number of amides is 1. The number of nitrogens with one attached hydrogen (secondary N) is 1. The predicted octanol–water partition coefficient (Wildman–Crippen LogP) is 4.41. The zero-order valence-electron chi connectivity index (χ0n) is 13.7. The summed E-state index contributed by atoms with van der Waals surface area (Å²) in [6.45, 7) is 2.85. The molecule has 2 aromatic carbocycles. The summed E-state index contributed by atoms with van der Waals surface area (Å²) >= 11 is 3.40. The van der Waals surface area contributed by atoms with E-state index in [-0.39, 0.29) is 11.9 Å². The summed E-state index contributed by atoms with van der Waals surface area (Å²) in [6.07, 6.45) is 3.79. The Kier molecular flexibility index (Phi) is 6.05. The van der Waals surface area contributed by atoms with Crippen LogP contribution in [0.4, 0.5) is 0 Å². The highest BCUT2D eigenvalue weighted by molar-refractivity contribution is 9.10. The largest absolute Gasteiger partial charge is 0.350 e. The molecule has 3 nitrogen and oxygen atoms in total. The third kappa shape index (κ3) is 4.46. The van der Waals surface area contributed by atoms with E-state index in [4.69, 9.17) is 0 Å². The highest BCUT2D eigenvalue weighted by Crippen LogP contribution is 2.24. The van der Waals surface area contributed by atoms with Gasteiger partial charge >= 0.3 is 0 Å². The molecule has 1 heterocycles. The first kappa shape index (κ1) is 17.2. The van der Waals surface area contributed by atoms with E-state index in [1.807, 2.05) is 30.3 Å². The van der Waals surface area contributed by atoms with Crippen LogP contribution in [0.25, 0.3) is 0 Å². The molecule has 1 atom stereocenters. The molecule has 1 aliphatic heterocycles. The maximum atomic E-state index is 12.4. The third-order valence-electron chi connectivity index (χ3n) is 4.58. The fourth-order valence-corrected chi connectivity index (χ4v) is 3.52. The quantitative estimate of drug-likeness (QED) is 0.825. The molecule has 0 unspecified atom stereocenters. The topological polar surface area (TPSA) is 32.3 Å². The smallest absolute Gasteiger partial charge is 0.251 e. The van der Waals surface area contributed by atoms with Crippen LogP contribution in [0, 0.1) is 0 Å². The molecule has 126 valence electrons. The van der Waals surface area contributed by atoms with E-state index in [1.54, 1.807) is 0 Å². The molecule has 0 saturated carbocycles. The average molecular weight is 387 g/mol. The van der Waals surface area contributed by atoms with E-state index in [9.17, 15) is 4.79 Å². The molecule has 2 aromatic rings. The number of carbonyl (C=O) groups is 1. The SMILES string of the molecule is O=C(NC[C@@H](c1ccccc1)N1CCCCC1)c1ccc(Br)cc1. The summed E-state index contributed by atoms with van der Waals surface area (Å²) < 4.78 is 0.981. The van der Waals surface area contributed by atoms with Crippen LogP contribution in [0.5, 0.6) is 0 Å². The number of hydrogen-bond acceptors (Lipinski definition) is 2. The standard InChI is InChI=1S/C20H23BrN2O/c21-18-11-9-17(10-12-18)20(24)22-15-19(16-7-3-1-4-8-16)23-13-5-2-6-14-23/h1,3-4,7-12,19H,2,5-6,13-15H2,(H,22,24)/t19-/m0/s1. The number of hydrogen-bond donors (Lipinski definition) is 1. The second-order valence-corrected chi connectivity index (χ2v) is 7.16. The Morgan fingerprint density at radius 3 is 2.33 bits per heavy atom. The van der Waals surface area contributed by atoms with E-state index in [0.717, 1.165) is 17.6 Å². The van der Waals surface area contributed by atoms with Gasteiger partial charge in [-0.25, -0.2) is 0 Å². The van der Waals surface area contributed by atoms with Crippen LogP contribution in [-0.2, 0) is 0 Å². The third-order valence-corrected chi connectivity index (χ3v) is 5.11. The van der Waals surface area contributed by atoms with E-state index in [0.29, 0.717) is 12.1 Å². The minimum absolute atomic E-state index is 0.0135. The number of rotatable bonds is 5. The van der Waals surface area contributed by atoms with Crippen LogP contribution in [0.3, 0.4) is 0 Å². The molecule has 4 heteroatoms. The van der Waals surface area contributed by atoms with Gasteiger partial charge in [-0.1, -0.05) is 52.7 Å². The summed E-state index contributed by atoms with van der Waals surface area (Å²) in [4.78, 5) is 14.9. The average Bonchev–Trinajstić information content (AvgIpc) is 2.64. The van der Waals surface area contributed by atoms with Crippen molar-refractivity contribution < 1.29 is 4.79 Å².